The summed E-state index contributed by atoms with van der Waals surface area (Å²) in [5.74, 6) is 0.446. The molecule has 1 saturated heterocycles. The number of nitrogens with zero attached hydrogens (tertiary/aromatic N) is 6. The number of aromatic nitrogens is 5. The van der Waals surface area contributed by atoms with Gasteiger partial charge in [0.2, 0.25) is 0 Å². The molecule has 1 aliphatic rings. The number of amides is 1. The number of thioether (sulfide) groups is 1. The molecular weight excluding hydrogens is 452 g/mol. The number of carbonyl (C=O) groups excluding carboxylic acids is 1. The van der Waals surface area contributed by atoms with Crippen molar-refractivity contribution in [3.8, 4) is 5.69 Å². The van der Waals surface area contributed by atoms with Crippen molar-refractivity contribution in [2.45, 2.75) is 43.1 Å². The Morgan fingerprint density at radius 1 is 1.21 bits per heavy atom. The van der Waals surface area contributed by atoms with Crippen molar-refractivity contribution in [2.24, 2.45) is 0 Å². The Labute approximate surface area is 182 Å². The van der Waals surface area contributed by atoms with Gasteiger partial charge in [0, 0.05) is 35.2 Å². The van der Waals surface area contributed by atoms with Gasteiger partial charge in [0.05, 0.1) is 11.4 Å². The lowest BCUT2D eigenvalue weighted by Gasteiger charge is -2.33. The van der Waals surface area contributed by atoms with Crippen molar-refractivity contribution in [2.75, 3.05) is 6.54 Å². The van der Waals surface area contributed by atoms with Crippen LogP contribution in [0.3, 0.4) is 0 Å². The predicted molar refractivity (Wildman–Crippen MR) is 115 cm³/mol. The van der Waals surface area contributed by atoms with E-state index in [-0.39, 0.29) is 11.9 Å². The molecule has 0 aliphatic carbocycles. The minimum Gasteiger partial charge on any atom is -0.334 e. The Hall–Kier alpha value is -2.26. The summed E-state index contributed by atoms with van der Waals surface area (Å²) < 4.78 is 2.72. The normalized spacial score (nSPS) is 16.8. The molecule has 1 fully saturated rings. The van der Waals surface area contributed by atoms with Crippen molar-refractivity contribution in [3.63, 3.8) is 0 Å². The second kappa shape index (κ2) is 9.04. The van der Waals surface area contributed by atoms with Gasteiger partial charge in [0.25, 0.3) is 5.91 Å². The molecule has 9 heteroatoms. The number of carbonyl (C=O) groups is 1. The fourth-order valence-corrected chi connectivity index (χ4v) is 4.48. The van der Waals surface area contributed by atoms with Gasteiger partial charge in [0.1, 0.15) is 0 Å². The van der Waals surface area contributed by atoms with Crippen LogP contribution >= 0.6 is 27.7 Å². The third kappa shape index (κ3) is 4.51. The first-order valence-electron chi connectivity index (χ1n) is 9.55. The molecule has 3 heterocycles. The molecule has 2 aromatic heterocycles. The van der Waals surface area contributed by atoms with E-state index in [0.29, 0.717) is 16.6 Å². The van der Waals surface area contributed by atoms with E-state index in [1.54, 1.807) is 23.1 Å². The third-order valence-corrected chi connectivity index (χ3v) is 6.40. The zero-order valence-corrected chi connectivity index (χ0v) is 18.4. The maximum Gasteiger partial charge on any atom is 0.276 e. The van der Waals surface area contributed by atoms with Gasteiger partial charge in [-0.2, -0.15) is 0 Å². The Morgan fingerprint density at radius 3 is 2.69 bits per heavy atom. The van der Waals surface area contributed by atoms with Gasteiger partial charge >= 0.3 is 0 Å². The largest absolute Gasteiger partial charge is 0.334 e. The second-order valence-electron chi connectivity index (χ2n) is 6.94. The van der Waals surface area contributed by atoms with Crippen LogP contribution in [0.2, 0.25) is 0 Å². The topological polar surface area (TPSA) is 76.8 Å². The number of likely N-dealkylation sites (tertiary alicyclic amines) is 1. The van der Waals surface area contributed by atoms with Crippen LogP contribution in [-0.2, 0) is 5.75 Å². The average molecular weight is 473 g/mol. The summed E-state index contributed by atoms with van der Waals surface area (Å²) in [4.78, 5) is 23.8. The van der Waals surface area contributed by atoms with Crippen molar-refractivity contribution < 1.29 is 4.79 Å². The number of halogens is 1. The SMILES string of the molecule is CC1CCCCN1C(=O)c1nnn(-c2ccc(Br)cc2)c1CSc1ncccn1. The first kappa shape index (κ1) is 20.0. The maximum atomic E-state index is 13.3. The molecule has 0 N–H and O–H groups in total. The van der Waals surface area contributed by atoms with Gasteiger partial charge in [-0.3, -0.25) is 4.79 Å². The molecule has 29 heavy (non-hydrogen) atoms. The van der Waals surface area contributed by atoms with E-state index < -0.39 is 0 Å². The predicted octanol–water partition coefficient (Wildman–Crippen LogP) is 4.13. The smallest absolute Gasteiger partial charge is 0.276 e. The van der Waals surface area contributed by atoms with Crippen LogP contribution in [0.15, 0.2) is 52.4 Å². The first-order chi connectivity index (χ1) is 14.1. The van der Waals surface area contributed by atoms with E-state index in [9.17, 15) is 4.79 Å². The fraction of sp³-hybridized carbons (Fsp3) is 0.350. The fourth-order valence-electron chi connectivity index (χ4n) is 3.42. The molecule has 150 valence electrons. The molecule has 0 spiro atoms. The summed E-state index contributed by atoms with van der Waals surface area (Å²) in [5, 5.41) is 9.27. The zero-order valence-electron chi connectivity index (χ0n) is 16.0. The van der Waals surface area contributed by atoms with E-state index in [2.05, 4.69) is 43.1 Å². The lowest BCUT2D eigenvalue weighted by molar-refractivity contribution is 0.0628. The van der Waals surface area contributed by atoms with E-state index in [1.807, 2.05) is 29.2 Å². The van der Waals surface area contributed by atoms with E-state index in [1.165, 1.54) is 11.8 Å². The summed E-state index contributed by atoms with van der Waals surface area (Å²) in [7, 11) is 0. The van der Waals surface area contributed by atoms with Crippen LogP contribution in [0.4, 0.5) is 0 Å². The lowest BCUT2D eigenvalue weighted by atomic mass is 10.0. The molecule has 0 bridgehead atoms. The highest BCUT2D eigenvalue weighted by Gasteiger charge is 2.29. The van der Waals surface area contributed by atoms with Crippen LogP contribution in [0.25, 0.3) is 5.69 Å². The highest BCUT2D eigenvalue weighted by atomic mass is 79.9. The summed E-state index contributed by atoms with van der Waals surface area (Å²) in [5.41, 5.74) is 2.02. The van der Waals surface area contributed by atoms with E-state index in [4.69, 9.17) is 0 Å². The first-order valence-corrected chi connectivity index (χ1v) is 11.3. The molecule has 0 saturated carbocycles. The second-order valence-corrected chi connectivity index (χ2v) is 8.79. The van der Waals surface area contributed by atoms with E-state index >= 15 is 0 Å². The molecule has 1 atom stereocenters. The number of hydrogen-bond acceptors (Lipinski definition) is 6. The Balaban J connectivity index is 1.68. The van der Waals surface area contributed by atoms with E-state index in [0.717, 1.165) is 41.7 Å². The standard InChI is InChI=1S/C20H21BrN6OS/c1-14-5-2-3-12-26(14)19(28)18-17(13-29-20-22-10-4-11-23-20)27(25-24-18)16-8-6-15(21)7-9-16/h4,6-11,14H,2-3,5,12-13H2,1H3. The summed E-state index contributed by atoms with van der Waals surface area (Å²) >= 11 is 4.92. The molecular formula is C20H21BrN6OS. The molecule has 4 rings (SSSR count). The molecule has 1 unspecified atom stereocenters. The highest BCUT2D eigenvalue weighted by Crippen LogP contribution is 2.26. The van der Waals surface area contributed by atoms with Gasteiger partial charge in [-0.15, -0.1) is 5.10 Å². The summed E-state index contributed by atoms with van der Waals surface area (Å²) in [6.07, 6.45) is 6.63. The maximum absolute atomic E-state index is 13.3. The van der Waals surface area contributed by atoms with Crippen LogP contribution < -0.4 is 0 Å². The minimum atomic E-state index is -0.0508. The number of benzene rings is 1. The Bertz CT molecular complexity index is 978. The van der Waals surface area contributed by atoms with Gasteiger partial charge in [-0.25, -0.2) is 14.6 Å². The average Bonchev–Trinajstić information content (AvgIpc) is 3.17. The zero-order chi connectivity index (χ0) is 20.2. The number of piperidine rings is 1. The molecule has 1 amide bonds. The third-order valence-electron chi connectivity index (χ3n) is 4.98. The quantitative estimate of drug-likeness (QED) is 0.410. The Morgan fingerprint density at radius 2 is 1.97 bits per heavy atom. The van der Waals surface area contributed by atoms with Crippen LogP contribution in [0, 0.1) is 0 Å². The van der Waals surface area contributed by atoms with Gasteiger partial charge < -0.3 is 4.90 Å². The number of hydrogen-bond donors (Lipinski definition) is 0. The summed E-state index contributed by atoms with van der Waals surface area (Å²) in [6, 6.07) is 9.79. The van der Waals surface area contributed by atoms with Crippen molar-refractivity contribution >= 4 is 33.6 Å². The minimum absolute atomic E-state index is 0.0508. The number of rotatable bonds is 5. The molecule has 3 aromatic rings. The van der Waals surface area contributed by atoms with Crippen molar-refractivity contribution in [1.82, 2.24) is 29.9 Å². The van der Waals surface area contributed by atoms with Gasteiger partial charge in [-0.1, -0.05) is 32.9 Å². The van der Waals surface area contributed by atoms with Crippen molar-refractivity contribution in [3.05, 3.63) is 58.6 Å². The van der Waals surface area contributed by atoms with Crippen molar-refractivity contribution in [1.29, 1.82) is 0 Å². The van der Waals surface area contributed by atoms with Crippen LogP contribution in [0.1, 0.15) is 42.4 Å². The van der Waals surface area contributed by atoms with Crippen LogP contribution in [0.5, 0.6) is 0 Å². The van der Waals surface area contributed by atoms with Crippen LogP contribution in [-0.4, -0.2) is 48.4 Å². The molecule has 7 nitrogen and oxygen atoms in total. The lowest BCUT2D eigenvalue weighted by Crippen LogP contribution is -2.42. The monoisotopic (exact) mass is 472 g/mol. The highest BCUT2D eigenvalue weighted by molar-refractivity contribution is 9.10. The van der Waals surface area contributed by atoms with Gasteiger partial charge in [0.15, 0.2) is 10.9 Å². The van der Waals surface area contributed by atoms with Gasteiger partial charge in [-0.05, 0) is 56.5 Å². The molecule has 0 radical (unpaired) electrons. The molecule has 1 aromatic carbocycles. The summed E-state index contributed by atoms with van der Waals surface area (Å²) in [6.45, 7) is 2.86. The Kier molecular flexibility index (Phi) is 6.25. The molecule has 1 aliphatic heterocycles.